The number of hydrogen-bond donors (Lipinski definition) is 2. The van der Waals surface area contributed by atoms with Crippen molar-refractivity contribution in [3.8, 4) is 23.0 Å². The lowest BCUT2D eigenvalue weighted by Crippen LogP contribution is -2.32. The molecule has 0 radical (unpaired) electrons. The van der Waals surface area contributed by atoms with Crippen LogP contribution < -0.4 is 14.8 Å². The smallest absolute Gasteiger partial charge is 0.256 e. The van der Waals surface area contributed by atoms with Crippen molar-refractivity contribution in [2.75, 3.05) is 13.3 Å². The lowest BCUT2D eigenvalue weighted by Gasteiger charge is -2.13. The number of aliphatic imine (C=N–C) groups is 1. The van der Waals surface area contributed by atoms with Crippen molar-refractivity contribution in [3.05, 3.63) is 58.6 Å². The lowest BCUT2D eigenvalue weighted by atomic mass is 10.1. The van der Waals surface area contributed by atoms with Crippen LogP contribution in [0.15, 0.2) is 53.5 Å². The van der Waals surface area contributed by atoms with Crippen LogP contribution in [0.3, 0.4) is 0 Å². The normalized spacial score (nSPS) is 12.3. The first kappa shape index (κ1) is 32.6. The number of ether oxygens (including phenoxy) is 3. The zero-order valence-corrected chi connectivity index (χ0v) is 26.5. The average Bonchev–Trinajstić information content (AvgIpc) is 3.57. The highest BCUT2D eigenvalue weighted by Gasteiger charge is 2.18. The van der Waals surface area contributed by atoms with Gasteiger partial charge in [-0.1, -0.05) is 118 Å². The molecule has 11 heteroatoms. The number of unbranched alkanes of at least 4 members (excludes halogenated alkanes) is 9. The van der Waals surface area contributed by atoms with E-state index in [4.69, 9.17) is 37.4 Å². The molecule has 4 aromatic rings. The van der Waals surface area contributed by atoms with Gasteiger partial charge in [0.1, 0.15) is 23.2 Å². The van der Waals surface area contributed by atoms with E-state index in [2.05, 4.69) is 32.5 Å². The van der Waals surface area contributed by atoms with Gasteiger partial charge >= 0.3 is 0 Å². The lowest BCUT2D eigenvalue weighted by molar-refractivity contribution is 0.136. The van der Waals surface area contributed by atoms with E-state index >= 15 is 0 Å². The number of fused-ring (bicyclic) bond motifs is 1. The Hall–Kier alpha value is -3.27. The molecule has 0 saturated carbocycles. The second kappa shape index (κ2) is 17.8. The van der Waals surface area contributed by atoms with Gasteiger partial charge in [-0.05, 0) is 31.5 Å². The SMILES string of the molecule is CCCCCCCCCCCCOc1ccc(Cl)cc1/N=C\OC(C)NCOc1nn2c(-c3ccccc3)n[nH]c2c1Cl. The van der Waals surface area contributed by atoms with Gasteiger partial charge in [-0.15, -0.1) is 5.10 Å². The number of benzene rings is 2. The number of hydrogen-bond acceptors (Lipinski definition) is 7. The summed E-state index contributed by atoms with van der Waals surface area (Å²) in [5, 5.41) is 15.7. The third-order valence-corrected chi connectivity index (χ3v) is 7.59. The molecule has 0 aliphatic rings. The van der Waals surface area contributed by atoms with Crippen molar-refractivity contribution in [2.45, 2.75) is 84.3 Å². The van der Waals surface area contributed by atoms with Crippen LogP contribution in [-0.2, 0) is 4.74 Å². The fourth-order valence-electron chi connectivity index (χ4n) is 4.59. The summed E-state index contributed by atoms with van der Waals surface area (Å²) in [5.41, 5.74) is 2.08. The van der Waals surface area contributed by atoms with Crippen LogP contribution in [0.25, 0.3) is 17.0 Å². The van der Waals surface area contributed by atoms with Crippen LogP contribution in [0.1, 0.15) is 78.1 Å². The molecule has 1 atom stereocenters. The van der Waals surface area contributed by atoms with Gasteiger partial charge in [0.05, 0.1) is 6.61 Å². The van der Waals surface area contributed by atoms with E-state index in [1.165, 1.54) is 64.2 Å². The Morgan fingerprint density at radius 3 is 2.42 bits per heavy atom. The number of aromatic amines is 1. The van der Waals surface area contributed by atoms with Crippen LogP contribution >= 0.6 is 23.2 Å². The molecule has 0 fully saturated rings. The maximum atomic E-state index is 6.46. The van der Waals surface area contributed by atoms with Gasteiger partial charge in [0.2, 0.25) is 0 Å². The Bertz CT molecular complexity index is 1410. The van der Waals surface area contributed by atoms with Gasteiger partial charge in [-0.2, -0.15) is 9.61 Å². The fourth-order valence-corrected chi connectivity index (χ4v) is 4.97. The van der Waals surface area contributed by atoms with Crippen molar-refractivity contribution in [3.63, 3.8) is 0 Å². The van der Waals surface area contributed by atoms with Crippen LogP contribution in [-0.4, -0.2) is 45.8 Å². The minimum absolute atomic E-state index is 0.118. The summed E-state index contributed by atoms with van der Waals surface area (Å²) in [6, 6.07) is 15.1. The first-order valence-corrected chi connectivity index (χ1v) is 16.0. The highest BCUT2D eigenvalue weighted by molar-refractivity contribution is 6.34. The predicted molar refractivity (Wildman–Crippen MR) is 174 cm³/mol. The summed E-state index contributed by atoms with van der Waals surface area (Å²) in [6.07, 6.45) is 13.8. The molecule has 232 valence electrons. The molecular formula is C32H42Cl2N6O3. The van der Waals surface area contributed by atoms with Crippen molar-refractivity contribution in [2.24, 2.45) is 4.99 Å². The Morgan fingerprint density at radius 1 is 0.953 bits per heavy atom. The number of H-pyrrole nitrogens is 1. The summed E-state index contributed by atoms with van der Waals surface area (Å²) in [4.78, 5) is 4.43. The van der Waals surface area contributed by atoms with E-state index in [1.54, 1.807) is 16.6 Å². The Balaban J connectivity index is 1.17. The maximum absolute atomic E-state index is 6.46. The van der Waals surface area contributed by atoms with Crippen LogP contribution in [0, 0.1) is 0 Å². The molecule has 4 rings (SSSR count). The standard InChI is InChI=1S/C32H42Cl2N6O3/c1-3-4-5-6-7-8-9-10-11-15-20-41-28-19-18-26(33)21-27(28)36-23-42-24(2)35-22-43-32-29(34)31-38-37-30(40(31)39-32)25-16-13-12-14-17-25/h12-14,16-19,21,23-24,35,38H,3-11,15,20,22H2,1-2H3/b36-23-. The van der Waals surface area contributed by atoms with E-state index < -0.39 is 6.23 Å². The molecule has 0 aliphatic heterocycles. The van der Waals surface area contributed by atoms with Crippen LogP contribution in [0.5, 0.6) is 11.6 Å². The van der Waals surface area contributed by atoms with Gasteiger partial charge < -0.3 is 14.2 Å². The molecule has 1 unspecified atom stereocenters. The summed E-state index contributed by atoms with van der Waals surface area (Å²) >= 11 is 12.7. The first-order chi connectivity index (χ1) is 21.1. The second-order valence-electron chi connectivity index (χ2n) is 10.4. The predicted octanol–water partition coefficient (Wildman–Crippen LogP) is 8.98. The fraction of sp³-hybridized carbons (Fsp3) is 0.469. The van der Waals surface area contributed by atoms with Gasteiger partial charge in [0, 0.05) is 10.6 Å². The zero-order valence-electron chi connectivity index (χ0n) is 25.0. The van der Waals surface area contributed by atoms with E-state index in [1.807, 2.05) is 43.3 Å². The zero-order chi connectivity index (χ0) is 30.3. The van der Waals surface area contributed by atoms with Crippen LogP contribution in [0.4, 0.5) is 5.69 Å². The Morgan fingerprint density at radius 2 is 1.67 bits per heavy atom. The molecule has 0 saturated heterocycles. The minimum Gasteiger partial charge on any atom is -0.491 e. The van der Waals surface area contributed by atoms with Crippen molar-refractivity contribution in [1.29, 1.82) is 0 Å². The molecule has 2 aromatic carbocycles. The molecule has 2 heterocycles. The monoisotopic (exact) mass is 628 g/mol. The van der Waals surface area contributed by atoms with E-state index in [0.29, 0.717) is 39.6 Å². The molecule has 0 amide bonds. The van der Waals surface area contributed by atoms with Crippen molar-refractivity contribution in [1.82, 2.24) is 25.1 Å². The van der Waals surface area contributed by atoms with Crippen molar-refractivity contribution >= 4 is 40.9 Å². The number of rotatable bonds is 20. The largest absolute Gasteiger partial charge is 0.491 e. The molecule has 0 spiro atoms. The van der Waals surface area contributed by atoms with Gasteiger partial charge in [-0.3, -0.25) is 5.10 Å². The summed E-state index contributed by atoms with van der Waals surface area (Å²) < 4.78 is 19.1. The van der Waals surface area contributed by atoms with E-state index in [9.17, 15) is 0 Å². The van der Waals surface area contributed by atoms with Gasteiger partial charge in [0.15, 0.2) is 24.1 Å². The van der Waals surface area contributed by atoms with E-state index in [0.717, 1.165) is 12.0 Å². The van der Waals surface area contributed by atoms with Crippen LogP contribution in [0.2, 0.25) is 10.0 Å². The Labute approximate surface area is 263 Å². The van der Waals surface area contributed by atoms with Crippen molar-refractivity contribution < 1.29 is 14.2 Å². The quantitative estimate of drug-likeness (QED) is 0.0438. The second-order valence-corrected chi connectivity index (χ2v) is 11.3. The summed E-state index contributed by atoms with van der Waals surface area (Å²) in [5.74, 6) is 1.60. The third kappa shape index (κ3) is 10.2. The molecule has 43 heavy (non-hydrogen) atoms. The van der Waals surface area contributed by atoms with Gasteiger partial charge in [-0.25, -0.2) is 10.3 Å². The average molecular weight is 630 g/mol. The molecule has 9 nitrogen and oxygen atoms in total. The number of nitrogens with zero attached hydrogens (tertiary/aromatic N) is 4. The highest BCUT2D eigenvalue weighted by Crippen LogP contribution is 2.31. The number of halogens is 2. The van der Waals surface area contributed by atoms with Gasteiger partial charge in [0.25, 0.3) is 5.88 Å². The first-order valence-electron chi connectivity index (χ1n) is 15.2. The van der Waals surface area contributed by atoms with E-state index in [-0.39, 0.29) is 12.6 Å². The molecular weight excluding hydrogens is 587 g/mol. The minimum atomic E-state index is -0.397. The molecule has 0 aliphatic carbocycles. The highest BCUT2D eigenvalue weighted by atomic mass is 35.5. The Kier molecular flexibility index (Phi) is 13.5. The number of nitrogens with one attached hydrogen (secondary N) is 2. The molecule has 2 aromatic heterocycles. The number of aromatic nitrogens is 4. The summed E-state index contributed by atoms with van der Waals surface area (Å²) in [7, 11) is 0. The third-order valence-electron chi connectivity index (χ3n) is 7.01. The maximum Gasteiger partial charge on any atom is 0.256 e. The molecule has 2 N–H and O–H groups in total. The molecule has 0 bridgehead atoms. The summed E-state index contributed by atoms with van der Waals surface area (Å²) in [6.45, 7) is 4.86. The topological polar surface area (TPSA) is 98.1 Å².